The fraction of sp³-hybridized carbons (Fsp3) is 0.462. The van der Waals surface area contributed by atoms with Crippen LogP contribution in [-0.2, 0) is 4.79 Å². The lowest BCUT2D eigenvalue weighted by atomic mass is 10.1. The van der Waals surface area contributed by atoms with Crippen molar-refractivity contribution in [3.05, 3.63) is 35.9 Å². The van der Waals surface area contributed by atoms with Gasteiger partial charge in [-0.25, -0.2) is 0 Å². The minimum absolute atomic E-state index is 0.399. The highest BCUT2D eigenvalue weighted by Gasteiger charge is 2.05. The molecule has 1 rings (SSSR count). The van der Waals surface area contributed by atoms with Crippen molar-refractivity contribution >= 4 is 5.97 Å². The number of aliphatic carboxylic acids is 1. The molecule has 96 valence electrons. The smallest absolute Gasteiger partial charge is 0.300 e. The van der Waals surface area contributed by atoms with Gasteiger partial charge in [0.15, 0.2) is 0 Å². The predicted octanol–water partition coefficient (Wildman–Crippen LogP) is 1.81. The first-order valence-corrected chi connectivity index (χ1v) is 5.59. The molecule has 0 bridgehead atoms. The summed E-state index contributed by atoms with van der Waals surface area (Å²) in [5.41, 5.74) is 0.968. The molecule has 0 aromatic heterocycles. The van der Waals surface area contributed by atoms with Crippen molar-refractivity contribution < 1.29 is 15.0 Å². The molecule has 1 atom stereocenters. The Bertz CT molecular complexity index is 308. The van der Waals surface area contributed by atoms with Gasteiger partial charge in [-0.3, -0.25) is 4.79 Å². The molecule has 0 amide bonds. The lowest BCUT2D eigenvalue weighted by Gasteiger charge is -2.13. The molecule has 17 heavy (non-hydrogen) atoms. The first-order valence-electron chi connectivity index (χ1n) is 5.59. The second kappa shape index (κ2) is 8.73. The van der Waals surface area contributed by atoms with Gasteiger partial charge >= 0.3 is 0 Å². The quantitative estimate of drug-likeness (QED) is 0.749. The van der Waals surface area contributed by atoms with Crippen molar-refractivity contribution in [2.45, 2.75) is 32.9 Å². The number of nitrogens with one attached hydrogen (secondary N) is 1. The zero-order valence-corrected chi connectivity index (χ0v) is 10.6. The van der Waals surface area contributed by atoms with Gasteiger partial charge in [-0.15, -0.1) is 0 Å². The van der Waals surface area contributed by atoms with Crippen LogP contribution in [0.25, 0.3) is 0 Å². The van der Waals surface area contributed by atoms with E-state index in [0.29, 0.717) is 12.6 Å². The van der Waals surface area contributed by atoms with E-state index in [-0.39, 0.29) is 0 Å². The Balaban J connectivity index is 0.000000557. The fourth-order valence-corrected chi connectivity index (χ4v) is 1.14. The third kappa shape index (κ3) is 9.53. The Hall–Kier alpha value is -1.39. The molecule has 4 nitrogen and oxygen atoms in total. The van der Waals surface area contributed by atoms with E-state index in [2.05, 4.69) is 19.2 Å². The van der Waals surface area contributed by atoms with Crippen molar-refractivity contribution in [3.8, 4) is 0 Å². The third-order valence-corrected chi connectivity index (χ3v) is 1.90. The van der Waals surface area contributed by atoms with Gasteiger partial charge in [0, 0.05) is 19.5 Å². The molecule has 0 radical (unpaired) electrons. The highest BCUT2D eigenvalue weighted by molar-refractivity contribution is 5.62. The van der Waals surface area contributed by atoms with Gasteiger partial charge < -0.3 is 15.5 Å². The molecular weight excluding hydrogens is 218 g/mol. The summed E-state index contributed by atoms with van der Waals surface area (Å²) in [6.45, 7) is 5.83. The topological polar surface area (TPSA) is 69.6 Å². The average Bonchev–Trinajstić information content (AvgIpc) is 2.26. The summed E-state index contributed by atoms with van der Waals surface area (Å²) in [6, 6.07) is 10.1. The standard InChI is InChI=1S/C11H17NO.C2H4O2/c1-9(2)12-8-11(13)10-6-4-3-5-7-10;1-2(3)4/h3-7,9,11-13H,8H2,1-2H3;1H3,(H,3,4). The molecule has 0 aliphatic heterocycles. The average molecular weight is 239 g/mol. The zero-order valence-electron chi connectivity index (χ0n) is 10.6. The van der Waals surface area contributed by atoms with E-state index in [1.807, 2.05) is 30.3 Å². The van der Waals surface area contributed by atoms with Gasteiger partial charge in [0.2, 0.25) is 0 Å². The second-order valence-corrected chi connectivity index (χ2v) is 4.01. The summed E-state index contributed by atoms with van der Waals surface area (Å²) in [7, 11) is 0. The first kappa shape index (κ1) is 15.6. The van der Waals surface area contributed by atoms with E-state index in [9.17, 15) is 5.11 Å². The normalized spacial score (nSPS) is 11.6. The number of carboxylic acids is 1. The molecule has 1 unspecified atom stereocenters. The maximum Gasteiger partial charge on any atom is 0.300 e. The van der Waals surface area contributed by atoms with Crippen molar-refractivity contribution in [2.75, 3.05) is 6.54 Å². The van der Waals surface area contributed by atoms with E-state index >= 15 is 0 Å². The van der Waals surface area contributed by atoms with E-state index in [1.54, 1.807) is 0 Å². The molecule has 0 spiro atoms. The van der Waals surface area contributed by atoms with Crippen LogP contribution in [0.15, 0.2) is 30.3 Å². The minimum atomic E-state index is -0.833. The van der Waals surface area contributed by atoms with Crippen LogP contribution < -0.4 is 5.32 Å². The zero-order chi connectivity index (χ0) is 13.3. The third-order valence-electron chi connectivity index (χ3n) is 1.90. The molecule has 4 heteroatoms. The van der Waals surface area contributed by atoms with Crippen LogP contribution in [0.1, 0.15) is 32.4 Å². The lowest BCUT2D eigenvalue weighted by molar-refractivity contribution is -0.134. The number of aliphatic hydroxyl groups is 1. The summed E-state index contributed by atoms with van der Waals surface area (Å²) in [5.74, 6) is -0.833. The first-order chi connectivity index (χ1) is 7.93. The van der Waals surface area contributed by atoms with Crippen LogP contribution in [0.2, 0.25) is 0 Å². The Morgan fingerprint density at radius 3 is 2.18 bits per heavy atom. The van der Waals surface area contributed by atoms with Crippen LogP contribution in [-0.4, -0.2) is 28.8 Å². The van der Waals surface area contributed by atoms with E-state index in [1.165, 1.54) is 0 Å². The molecule has 0 saturated carbocycles. The summed E-state index contributed by atoms with van der Waals surface area (Å²) < 4.78 is 0. The molecule has 0 aliphatic rings. The van der Waals surface area contributed by atoms with Crippen molar-refractivity contribution in [2.24, 2.45) is 0 Å². The Labute approximate surface area is 102 Å². The Morgan fingerprint density at radius 2 is 1.76 bits per heavy atom. The van der Waals surface area contributed by atoms with Crippen LogP contribution in [0, 0.1) is 0 Å². The fourth-order valence-electron chi connectivity index (χ4n) is 1.14. The summed E-state index contributed by atoms with van der Waals surface area (Å²) in [6.07, 6.45) is -0.399. The number of rotatable bonds is 4. The van der Waals surface area contributed by atoms with Gasteiger partial charge in [0.25, 0.3) is 5.97 Å². The molecule has 0 fully saturated rings. The summed E-state index contributed by atoms with van der Waals surface area (Å²) in [5, 5.41) is 20.3. The number of benzene rings is 1. The van der Waals surface area contributed by atoms with Gasteiger partial charge in [0.1, 0.15) is 0 Å². The molecule has 0 heterocycles. The highest BCUT2D eigenvalue weighted by atomic mass is 16.4. The number of carbonyl (C=O) groups is 1. The van der Waals surface area contributed by atoms with Gasteiger partial charge in [-0.1, -0.05) is 44.2 Å². The van der Waals surface area contributed by atoms with Crippen molar-refractivity contribution in [1.82, 2.24) is 5.32 Å². The molecule has 0 saturated heterocycles. The van der Waals surface area contributed by atoms with Gasteiger partial charge in [-0.05, 0) is 5.56 Å². The molecule has 3 N–H and O–H groups in total. The molecule has 1 aromatic rings. The monoisotopic (exact) mass is 239 g/mol. The van der Waals surface area contributed by atoms with Crippen LogP contribution in [0.5, 0.6) is 0 Å². The predicted molar refractivity (Wildman–Crippen MR) is 67.9 cm³/mol. The molecule has 0 aliphatic carbocycles. The minimum Gasteiger partial charge on any atom is -0.481 e. The van der Waals surface area contributed by atoms with E-state index in [4.69, 9.17) is 9.90 Å². The van der Waals surface area contributed by atoms with Crippen molar-refractivity contribution in [3.63, 3.8) is 0 Å². The number of carboxylic acid groups (broad SMARTS) is 1. The maximum atomic E-state index is 9.71. The summed E-state index contributed by atoms with van der Waals surface area (Å²) in [4.78, 5) is 9.00. The Morgan fingerprint density at radius 1 is 1.29 bits per heavy atom. The number of hydrogen-bond donors (Lipinski definition) is 3. The van der Waals surface area contributed by atoms with E-state index < -0.39 is 12.1 Å². The van der Waals surface area contributed by atoms with E-state index in [0.717, 1.165) is 12.5 Å². The highest BCUT2D eigenvalue weighted by Crippen LogP contribution is 2.10. The molecule has 1 aromatic carbocycles. The second-order valence-electron chi connectivity index (χ2n) is 4.01. The number of aliphatic hydroxyl groups excluding tert-OH is 1. The summed E-state index contributed by atoms with van der Waals surface area (Å²) >= 11 is 0. The van der Waals surface area contributed by atoms with Gasteiger partial charge in [-0.2, -0.15) is 0 Å². The van der Waals surface area contributed by atoms with Crippen molar-refractivity contribution in [1.29, 1.82) is 0 Å². The van der Waals surface area contributed by atoms with Crippen LogP contribution in [0.3, 0.4) is 0 Å². The molecular formula is C13H21NO3. The SMILES string of the molecule is CC(=O)O.CC(C)NCC(O)c1ccccc1. The van der Waals surface area contributed by atoms with Crippen LogP contribution >= 0.6 is 0 Å². The largest absolute Gasteiger partial charge is 0.481 e. The number of hydrogen-bond acceptors (Lipinski definition) is 3. The Kier molecular flexibility index (Phi) is 8.01. The lowest BCUT2D eigenvalue weighted by Crippen LogP contribution is -2.27. The van der Waals surface area contributed by atoms with Crippen LogP contribution in [0.4, 0.5) is 0 Å². The maximum absolute atomic E-state index is 9.71. The van der Waals surface area contributed by atoms with Gasteiger partial charge in [0.05, 0.1) is 6.10 Å².